The molecule has 0 unspecified atom stereocenters. The molecule has 0 radical (unpaired) electrons. The van der Waals surface area contributed by atoms with Crippen molar-refractivity contribution in [2.45, 2.75) is 17.5 Å². The number of fused-ring (bicyclic) bond motifs is 3. The molecule has 0 spiro atoms. The first-order valence-corrected chi connectivity index (χ1v) is 10.5. The van der Waals surface area contributed by atoms with Gasteiger partial charge in [0, 0.05) is 5.75 Å². The van der Waals surface area contributed by atoms with Crippen LogP contribution in [0.2, 0.25) is 0 Å². The van der Waals surface area contributed by atoms with Crippen molar-refractivity contribution in [1.29, 1.82) is 0 Å². The van der Waals surface area contributed by atoms with Crippen LogP contribution in [0.25, 0.3) is 16.7 Å². The second-order valence-electron chi connectivity index (χ2n) is 6.93. The SMILES string of the molecule is O=c1c2ccccc2n2c(SCc3ccccc3)nnc2n1Cc1ccc(F)cc1. The normalized spacial score (nSPS) is 11.4. The van der Waals surface area contributed by atoms with Gasteiger partial charge in [0.2, 0.25) is 5.78 Å². The van der Waals surface area contributed by atoms with Crippen molar-refractivity contribution in [3.63, 3.8) is 0 Å². The molecule has 5 aromatic rings. The summed E-state index contributed by atoms with van der Waals surface area (Å²) >= 11 is 1.57. The lowest BCUT2D eigenvalue weighted by Crippen LogP contribution is -2.24. The molecule has 0 aliphatic rings. The van der Waals surface area contributed by atoms with Gasteiger partial charge < -0.3 is 0 Å². The Morgan fingerprint density at radius 3 is 2.37 bits per heavy atom. The number of rotatable bonds is 5. The first-order chi connectivity index (χ1) is 14.7. The lowest BCUT2D eigenvalue weighted by molar-refractivity contribution is 0.626. The number of para-hydroxylation sites is 1. The van der Waals surface area contributed by atoms with E-state index in [0.29, 0.717) is 11.2 Å². The molecule has 0 amide bonds. The van der Waals surface area contributed by atoms with Crippen LogP contribution in [0.4, 0.5) is 4.39 Å². The second kappa shape index (κ2) is 7.76. The Balaban J connectivity index is 1.64. The molecule has 148 valence electrons. The Morgan fingerprint density at radius 2 is 1.57 bits per heavy atom. The summed E-state index contributed by atoms with van der Waals surface area (Å²) in [5.41, 5.74) is 2.63. The summed E-state index contributed by atoms with van der Waals surface area (Å²) in [5, 5.41) is 10.0. The minimum atomic E-state index is -0.308. The molecule has 2 aromatic heterocycles. The van der Waals surface area contributed by atoms with Crippen molar-refractivity contribution in [2.24, 2.45) is 0 Å². The van der Waals surface area contributed by atoms with E-state index in [1.807, 2.05) is 46.9 Å². The average Bonchev–Trinajstić information content (AvgIpc) is 3.21. The van der Waals surface area contributed by atoms with Crippen molar-refractivity contribution in [1.82, 2.24) is 19.2 Å². The highest BCUT2D eigenvalue weighted by Crippen LogP contribution is 2.25. The fourth-order valence-corrected chi connectivity index (χ4v) is 4.36. The Morgan fingerprint density at radius 1 is 0.833 bits per heavy atom. The molecule has 0 saturated carbocycles. The fourth-order valence-electron chi connectivity index (χ4n) is 3.46. The molecule has 2 heterocycles. The van der Waals surface area contributed by atoms with E-state index in [9.17, 15) is 9.18 Å². The molecule has 0 fully saturated rings. The lowest BCUT2D eigenvalue weighted by Gasteiger charge is -2.11. The number of nitrogens with zero attached hydrogens (tertiary/aromatic N) is 4. The summed E-state index contributed by atoms with van der Waals surface area (Å²) in [4.78, 5) is 13.2. The molecule has 0 aliphatic carbocycles. The summed E-state index contributed by atoms with van der Waals surface area (Å²) in [5.74, 6) is 0.906. The number of hydrogen-bond acceptors (Lipinski definition) is 4. The van der Waals surface area contributed by atoms with E-state index in [2.05, 4.69) is 22.3 Å². The Labute approximate surface area is 175 Å². The van der Waals surface area contributed by atoms with Gasteiger partial charge in [-0.05, 0) is 35.4 Å². The second-order valence-corrected chi connectivity index (χ2v) is 7.87. The highest BCUT2D eigenvalue weighted by Gasteiger charge is 2.17. The predicted octanol–water partition coefficient (Wildman–Crippen LogP) is 4.52. The molecule has 30 heavy (non-hydrogen) atoms. The van der Waals surface area contributed by atoms with Gasteiger partial charge in [0.15, 0.2) is 5.16 Å². The third-order valence-corrected chi connectivity index (χ3v) is 5.94. The molecule has 7 heteroatoms. The van der Waals surface area contributed by atoms with Gasteiger partial charge in [0.1, 0.15) is 5.82 Å². The zero-order valence-electron chi connectivity index (χ0n) is 15.9. The van der Waals surface area contributed by atoms with Gasteiger partial charge >= 0.3 is 0 Å². The molecular weight excluding hydrogens is 399 g/mol. The van der Waals surface area contributed by atoms with Gasteiger partial charge in [-0.25, -0.2) is 4.39 Å². The maximum absolute atomic E-state index is 13.3. The summed E-state index contributed by atoms with van der Waals surface area (Å²) in [6.45, 7) is 0.287. The Kier molecular flexibility index (Phi) is 4.80. The van der Waals surface area contributed by atoms with Crippen LogP contribution < -0.4 is 5.56 Å². The van der Waals surface area contributed by atoms with E-state index in [4.69, 9.17) is 0 Å². The van der Waals surface area contributed by atoms with Crippen LogP contribution in [-0.2, 0) is 12.3 Å². The van der Waals surface area contributed by atoms with Crippen molar-refractivity contribution in [2.75, 3.05) is 0 Å². The van der Waals surface area contributed by atoms with Crippen LogP contribution in [0.5, 0.6) is 0 Å². The number of hydrogen-bond donors (Lipinski definition) is 0. The first-order valence-electron chi connectivity index (χ1n) is 9.48. The molecule has 0 N–H and O–H groups in total. The van der Waals surface area contributed by atoms with Gasteiger partial charge in [0.05, 0.1) is 17.4 Å². The zero-order valence-corrected chi connectivity index (χ0v) is 16.7. The zero-order chi connectivity index (χ0) is 20.5. The van der Waals surface area contributed by atoms with Crippen LogP contribution in [0.1, 0.15) is 11.1 Å². The highest BCUT2D eigenvalue weighted by atomic mass is 32.2. The van der Waals surface area contributed by atoms with Crippen LogP contribution in [0, 0.1) is 5.82 Å². The number of aromatic nitrogens is 4. The summed E-state index contributed by atoms with van der Waals surface area (Å²) in [7, 11) is 0. The first kappa shape index (κ1) is 18.6. The average molecular weight is 416 g/mol. The molecule has 0 atom stereocenters. The summed E-state index contributed by atoms with van der Waals surface area (Å²) in [6.07, 6.45) is 0. The Hall–Kier alpha value is -3.45. The maximum Gasteiger partial charge on any atom is 0.263 e. The highest BCUT2D eigenvalue weighted by molar-refractivity contribution is 7.98. The maximum atomic E-state index is 13.3. The van der Waals surface area contributed by atoms with Crippen LogP contribution in [0.15, 0.2) is 88.8 Å². The standard InChI is InChI=1S/C23H17FN4OS/c24-18-12-10-16(11-13-18)14-27-21(29)19-8-4-5-9-20(19)28-22(27)25-26-23(28)30-15-17-6-2-1-3-7-17/h1-13H,14-15H2. The van der Waals surface area contributed by atoms with Crippen LogP contribution in [-0.4, -0.2) is 19.2 Å². The molecule has 5 nitrogen and oxygen atoms in total. The molecule has 0 bridgehead atoms. The van der Waals surface area contributed by atoms with Crippen LogP contribution >= 0.6 is 11.8 Å². The lowest BCUT2D eigenvalue weighted by atomic mass is 10.2. The van der Waals surface area contributed by atoms with Gasteiger partial charge in [-0.2, -0.15) is 0 Å². The number of thioether (sulfide) groups is 1. The third-order valence-electron chi connectivity index (χ3n) is 4.94. The van der Waals surface area contributed by atoms with E-state index in [1.165, 1.54) is 17.7 Å². The molecular formula is C23H17FN4OS. The topological polar surface area (TPSA) is 52.2 Å². The van der Waals surface area contributed by atoms with E-state index < -0.39 is 0 Å². The van der Waals surface area contributed by atoms with Crippen molar-refractivity contribution in [3.8, 4) is 0 Å². The monoisotopic (exact) mass is 416 g/mol. The minimum absolute atomic E-state index is 0.144. The van der Waals surface area contributed by atoms with Crippen LogP contribution in [0.3, 0.4) is 0 Å². The van der Waals surface area contributed by atoms with Crippen molar-refractivity contribution >= 4 is 28.4 Å². The van der Waals surface area contributed by atoms with E-state index in [1.54, 1.807) is 28.5 Å². The van der Waals surface area contributed by atoms with Crippen molar-refractivity contribution in [3.05, 3.63) is 106 Å². The van der Waals surface area contributed by atoms with Gasteiger partial charge in [-0.3, -0.25) is 13.8 Å². The Bertz CT molecular complexity index is 1390. The fraction of sp³-hybridized carbons (Fsp3) is 0.0870. The molecule has 5 rings (SSSR count). The molecule has 3 aromatic carbocycles. The largest absolute Gasteiger partial charge is 0.272 e. The van der Waals surface area contributed by atoms with E-state index in [0.717, 1.165) is 22.0 Å². The van der Waals surface area contributed by atoms with Crippen molar-refractivity contribution < 1.29 is 4.39 Å². The minimum Gasteiger partial charge on any atom is -0.272 e. The molecule has 0 saturated heterocycles. The van der Waals surface area contributed by atoms with Gasteiger partial charge in [0.25, 0.3) is 5.56 Å². The smallest absolute Gasteiger partial charge is 0.263 e. The predicted molar refractivity (Wildman–Crippen MR) is 116 cm³/mol. The third kappa shape index (κ3) is 3.37. The summed E-state index contributed by atoms with van der Waals surface area (Å²) < 4.78 is 16.8. The van der Waals surface area contributed by atoms with E-state index >= 15 is 0 Å². The van der Waals surface area contributed by atoms with E-state index in [-0.39, 0.29) is 17.9 Å². The van der Waals surface area contributed by atoms with Gasteiger partial charge in [-0.1, -0.05) is 66.4 Å². The molecule has 0 aliphatic heterocycles. The number of halogens is 1. The summed E-state index contributed by atoms with van der Waals surface area (Å²) in [6, 6.07) is 23.7. The quantitative estimate of drug-likeness (QED) is 0.395. The van der Waals surface area contributed by atoms with Gasteiger partial charge in [-0.15, -0.1) is 10.2 Å². The number of benzene rings is 3.